The zero-order valence-corrected chi connectivity index (χ0v) is 9.64. The molecule has 1 aromatic heterocycles. The summed E-state index contributed by atoms with van der Waals surface area (Å²) < 4.78 is 0. The van der Waals surface area contributed by atoms with E-state index in [0.29, 0.717) is 12.1 Å². The topological polar surface area (TPSA) is 45.8 Å². The molecule has 1 unspecified atom stereocenters. The first-order valence-electron chi connectivity index (χ1n) is 5.29. The molecule has 1 atom stereocenters. The minimum absolute atomic E-state index is 0.0929. The Balaban J connectivity index is 2.24. The van der Waals surface area contributed by atoms with Crippen molar-refractivity contribution < 1.29 is 4.79 Å². The van der Waals surface area contributed by atoms with Gasteiger partial charge in [-0.1, -0.05) is 12.2 Å². The number of carbonyl (C=O) groups is 1. The van der Waals surface area contributed by atoms with E-state index in [-0.39, 0.29) is 11.2 Å². The molecule has 0 aromatic carbocycles. The minimum atomic E-state index is -0.143. The SMILES string of the molecule is Cc1n[nH]c2c1C1=C(CC2=O)C(Cl)C=CC1. The minimum Gasteiger partial charge on any atom is -0.292 e. The van der Waals surface area contributed by atoms with Gasteiger partial charge >= 0.3 is 0 Å². The third kappa shape index (κ3) is 1.21. The number of rotatable bonds is 0. The summed E-state index contributed by atoms with van der Waals surface area (Å²) in [7, 11) is 0. The Kier molecular flexibility index (Phi) is 2.04. The summed E-state index contributed by atoms with van der Waals surface area (Å²) in [6.07, 6.45) is 5.28. The van der Waals surface area contributed by atoms with E-state index in [1.54, 1.807) is 0 Å². The average molecular weight is 235 g/mol. The van der Waals surface area contributed by atoms with Crippen molar-refractivity contribution >= 4 is 23.0 Å². The van der Waals surface area contributed by atoms with Crippen molar-refractivity contribution in [3.63, 3.8) is 0 Å². The number of nitrogens with one attached hydrogen (secondary N) is 1. The predicted molar refractivity (Wildman–Crippen MR) is 62.6 cm³/mol. The molecule has 0 spiro atoms. The monoisotopic (exact) mass is 234 g/mol. The van der Waals surface area contributed by atoms with Crippen LogP contribution < -0.4 is 0 Å². The Morgan fingerprint density at radius 2 is 2.38 bits per heavy atom. The van der Waals surface area contributed by atoms with Gasteiger partial charge in [-0.25, -0.2) is 0 Å². The van der Waals surface area contributed by atoms with Crippen LogP contribution in [-0.4, -0.2) is 21.4 Å². The van der Waals surface area contributed by atoms with Crippen molar-refractivity contribution in [1.82, 2.24) is 10.2 Å². The highest BCUT2D eigenvalue weighted by Gasteiger charge is 2.31. The Morgan fingerprint density at radius 3 is 3.19 bits per heavy atom. The van der Waals surface area contributed by atoms with E-state index < -0.39 is 0 Å². The zero-order chi connectivity index (χ0) is 11.3. The van der Waals surface area contributed by atoms with Crippen LogP contribution in [0.2, 0.25) is 0 Å². The molecule has 0 fully saturated rings. The third-order valence-corrected chi connectivity index (χ3v) is 3.64. The van der Waals surface area contributed by atoms with E-state index in [0.717, 1.165) is 23.3 Å². The fraction of sp³-hybridized carbons (Fsp3) is 0.333. The Labute approximate surface area is 98.2 Å². The second kappa shape index (κ2) is 3.32. The number of aromatic amines is 1. The lowest BCUT2D eigenvalue weighted by Crippen LogP contribution is -2.18. The fourth-order valence-electron chi connectivity index (χ4n) is 2.45. The van der Waals surface area contributed by atoms with Crippen LogP contribution in [0.1, 0.15) is 34.6 Å². The summed E-state index contributed by atoms with van der Waals surface area (Å²) >= 11 is 6.21. The molecule has 0 saturated heterocycles. The molecule has 1 N–H and O–H groups in total. The summed E-state index contributed by atoms with van der Waals surface area (Å²) in [5, 5.41) is 6.80. The van der Waals surface area contributed by atoms with E-state index in [1.807, 2.05) is 13.0 Å². The predicted octanol–water partition coefficient (Wildman–Crippen LogP) is 2.63. The van der Waals surface area contributed by atoms with E-state index in [4.69, 9.17) is 11.6 Å². The molecule has 2 aliphatic rings. The van der Waals surface area contributed by atoms with Crippen LogP contribution in [-0.2, 0) is 0 Å². The number of alkyl halides is 1. The number of ketones is 1. The van der Waals surface area contributed by atoms with E-state index in [2.05, 4.69) is 16.3 Å². The van der Waals surface area contributed by atoms with E-state index in [1.165, 1.54) is 5.57 Å². The van der Waals surface area contributed by atoms with Gasteiger partial charge in [-0.2, -0.15) is 5.10 Å². The summed E-state index contributed by atoms with van der Waals surface area (Å²) in [6.45, 7) is 1.92. The number of halogens is 1. The van der Waals surface area contributed by atoms with Gasteiger partial charge in [0.05, 0.1) is 11.1 Å². The molecular weight excluding hydrogens is 224 g/mol. The van der Waals surface area contributed by atoms with Gasteiger partial charge in [-0.3, -0.25) is 9.89 Å². The number of carbonyl (C=O) groups excluding carboxylic acids is 1. The number of nitrogens with zero attached hydrogens (tertiary/aromatic N) is 1. The maximum atomic E-state index is 11.9. The lowest BCUT2D eigenvalue weighted by atomic mass is 9.82. The van der Waals surface area contributed by atoms with Gasteiger partial charge in [-0.05, 0) is 24.5 Å². The van der Waals surface area contributed by atoms with E-state index in [9.17, 15) is 4.79 Å². The number of hydrogen-bond acceptors (Lipinski definition) is 2. The van der Waals surface area contributed by atoms with Crippen molar-refractivity contribution in [2.24, 2.45) is 0 Å². The zero-order valence-electron chi connectivity index (χ0n) is 8.88. The summed E-state index contributed by atoms with van der Waals surface area (Å²) in [4.78, 5) is 11.9. The molecule has 2 aliphatic carbocycles. The number of Topliss-reactive ketones (excluding diaryl/α,β-unsaturated/α-hetero) is 1. The summed E-state index contributed by atoms with van der Waals surface area (Å²) in [5.41, 5.74) is 4.74. The molecule has 4 heteroatoms. The number of allylic oxidation sites excluding steroid dienone is 4. The number of H-pyrrole nitrogens is 1. The molecule has 1 heterocycles. The standard InChI is InChI=1S/C12H11ClN2O/c1-6-11-7-3-2-4-9(13)8(7)5-10(16)12(11)15-14-6/h2,4,9H,3,5H2,1H3,(H,14,15). The van der Waals surface area contributed by atoms with E-state index >= 15 is 0 Å². The van der Waals surface area contributed by atoms with Crippen molar-refractivity contribution in [2.45, 2.75) is 25.1 Å². The third-order valence-electron chi connectivity index (χ3n) is 3.23. The van der Waals surface area contributed by atoms with Crippen LogP contribution in [0.25, 0.3) is 5.57 Å². The molecule has 0 radical (unpaired) electrons. The number of aryl methyl sites for hydroxylation is 1. The largest absolute Gasteiger partial charge is 0.292 e. The summed E-state index contributed by atoms with van der Waals surface area (Å²) in [6, 6.07) is 0. The van der Waals surface area contributed by atoms with Crippen molar-refractivity contribution in [3.8, 4) is 0 Å². The smallest absolute Gasteiger partial charge is 0.185 e. The van der Waals surface area contributed by atoms with Crippen LogP contribution in [0.3, 0.4) is 0 Å². The number of aromatic nitrogens is 2. The Morgan fingerprint density at radius 1 is 1.56 bits per heavy atom. The highest BCUT2D eigenvalue weighted by atomic mass is 35.5. The Hall–Kier alpha value is -1.35. The van der Waals surface area contributed by atoms with Crippen molar-refractivity contribution in [1.29, 1.82) is 0 Å². The van der Waals surface area contributed by atoms with Crippen LogP contribution >= 0.6 is 11.6 Å². The second-order valence-electron chi connectivity index (χ2n) is 4.20. The molecule has 82 valence electrons. The van der Waals surface area contributed by atoms with Gasteiger partial charge in [0, 0.05) is 12.0 Å². The maximum absolute atomic E-state index is 11.9. The first-order chi connectivity index (χ1) is 7.68. The van der Waals surface area contributed by atoms with Gasteiger partial charge in [0.1, 0.15) is 5.69 Å². The van der Waals surface area contributed by atoms with Gasteiger partial charge < -0.3 is 0 Å². The molecule has 0 bridgehead atoms. The maximum Gasteiger partial charge on any atom is 0.185 e. The molecule has 0 amide bonds. The molecular formula is C12H11ClN2O. The molecule has 1 aromatic rings. The first kappa shape index (κ1) is 9.85. The lowest BCUT2D eigenvalue weighted by Gasteiger charge is -2.24. The molecule has 3 rings (SSSR count). The molecule has 3 nitrogen and oxygen atoms in total. The van der Waals surface area contributed by atoms with Gasteiger partial charge in [0.15, 0.2) is 5.78 Å². The Bertz CT molecular complexity index is 539. The van der Waals surface area contributed by atoms with Crippen LogP contribution in [0.5, 0.6) is 0 Å². The van der Waals surface area contributed by atoms with Crippen LogP contribution in [0.4, 0.5) is 0 Å². The molecule has 0 aliphatic heterocycles. The van der Waals surface area contributed by atoms with Crippen molar-refractivity contribution in [2.75, 3.05) is 0 Å². The highest BCUT2D eigenvalue weighted by molar-refractivity contribution is 6.25. The highest BCUT2D eigenvalue weighted by Crippen LogP contribution is 2.39. The number of fused-ring (bicyclic) bond motifs is 2. The van der Waals surface area contributed by atoms with Gasteiger partial charge in [-0.15, -0.1) is 11.6 Å². The van der Waals surface area contributed by atoms with Crippen LogP contribution in [0.15, 0.2) is 17.7 Å². The average Bonchev–Trinajstić information content (AvgIpc) is 2.64. The van der Waals surface area contributed by atoms with Crippen molar-refractivity contribution in [3.05, 3.63) is 34.7 Å². The van der Waals surface area contributed by atoms with Gasteiger partial charge in [0.2, 0.25) is 0 Å². The second-order valence-corrected chi connectivity index (χ2v) is 4.67. The molecule has 0 saturated carbocycles. The van der Waals surface area contributed by atoms with Crippen LogP contribution in [0, 0.1) is 6.92 Å². The summed E-state index contributed by atoms with van der Waals surface area (Å²) in [5.74, 6) is 0.0929. The lowest BCUT2D eigenvalue weighted by molar-refractivity contribution is 0.0985. The first-order valence-corrected chi connectivity index (χ1v) is 5.73. The normalized spacial score (nSPS) is 23.4. The molecule has 16 heavy (non-hydrogen) atoms. The quantitative estimate of drug-likeness (QED) is 0.554. The number of hydrogen-bond donors (Lipinski definition) is 1. The fourth-order valence-corrected chi connectivity index (χ4v) is 2.76. The van der Waals surface area contributed by atoms with Gasteiger partial charge in [0.25, 0.3) is 0 Å².